The Kier molecular flexibility index (Phi) is 23.7. The van der Waals surface area contributed by atoms with Crippen molar-refractivity contribution in [2.24, 2.45) is 26.2 Å². The van der Waals surface area contributed by atoms with E-state index in [1.165, 1.54) is 0 Å². The lowest BCUT2D eigenvalue weighted by Crippen LogP contribution is -2.39. The van der Waals surface area contributed by atoms with Gasteiger partial charge in [-0.05, 0) is 55.8 Å². The zero-order valence-electron chi connectivity index (χ0n) is 24.8. The predicted octanol–water partition coefficient (Wildman–Crippen LogP) is 1.69. The molecule has 2 fully saturated rings. The minimum Gasteiger partial charge on any atom is -0.466 e. The van der Waals surface area contributed by atoms with Crippen LogP contribution < -0.4 is 0 Å². The second kappa shape index (κ2) is 23.7. The van der Waals surface area contributed by atoms with E-state index < -0.39 is 5.41 Å². The number of hydrogen-bond acceptors (Lipinski definition) is 12. The lowest BCUT2D eigenvalue weighted by Gasteiger charge is -2.44. The second-order valence-electron chi connectivity index (χ2n) is 11.3. The van der Waals surface area contributed by atoms with Crippen molar-refractivity contribution in [3.63, 3.8) is 0 Å². The third kappa shape index (κ3) is 20.0. The number of ether oxygens (including phenoxy) is 2. The van der Waals surface area contributed by atoms with Crippen LogP contribution in [0.2, 0.25) is 0 Å². The lowest BCUT2D eigenvalue weighted by atomic mass is 9.63. The Bertz CT molecular complexity index is 716. The van der Waals surface area contributed by atoms with Gasteiger partial charge >= 0.3 is 5.97 Å². The zero-order chi connectivity index (χ0) is 30.9. The molecular weight excluding hydrogens is 524 g/mol. The number of isocyanates is 2. The van der Waals surface area contributed by atoms with Crippen molar-refractivity contribution in [3.05, 3.63) is 0 Å². The molecule has 40 heavy (non-hydrogen) atoms. The van der Waals surface area contributed by atoms with E-state index in [1.807, 2.05) is 6.92 Å². The number of aliphatic hydroxyl groups is 5. The van der Waals surface area contributed by atoms with E-state index in [9.17, 15) is 14.4 Å². The monoisotopic (exact) mass is 576 g/mol. The highest BCUT2D eigenvalue weighted by atomic mass is 16.5. The van der Waals surface area contributed by atoms with Gasteiger partial charge in [-0.3, -0.25) is 4.79 Å². The van der Waals surface area contributed by atoms with Crippen LogP contribution in [0.4, 0.5) is 0 Å². The molecular formula is C28H52N2O10. The molecule has 5 N–H and O–H groups in total. The van der Waals surface area contributed by atoms with E-state index >= 15 is 0 Å². The summed E-state index contributed by atoms with van der Waals surface area (Å²) in [5.74, 6) is -0.0255. The third-order valence-corrected chi connectivity index (χ3v) is 6.70. The Labute approximate surface area is 238 Å². The van der Waals surface area contributed by atoms with Crippen LogP contribution in [-0.2, 0) is 23.9 Å². The van der Waals surface area contributed by atoms with Gasteiger partial charge in [-0.1, -0.05) is 27.7 Å². The molecule has 0 amide bonds. The van der Waals surface area contributed by atoms with Crippen LogP contribution in [0.3, 0.4) is 0 Å². The highest BCUT2D eigenvalue weighted by Gasteiger charge is 2.41. The number of carbonyl (C=O) groups excluding carboxylic acids is 3. The lowest BCUT2D eigenvalue weighted by molar-refractivity contribution is -0.142. The molecule has 1 saturated heterocycles. The molecule has 2 aliphatic rings. The molecule has 0 aromatic carbocycles. The largest absolute Gasteiger partial charge is 0.466 e. The highest BCUT2D eigenvalue weighted by molar-refractivity contribution is 5.69. The van der Waals surface area contributed by atoms with Crippen molar-refractivity contribution < 1.29 is 49.4 Å². The second-order valence-corrected chi connectivity index (χ2v) is 11.3. The van der Waals surface area contributed by atoms with Gasteiger partial charge in [-0.15, -0.1) is 0 Å². The summed E-state index contributed by atoms with van der Waals surface area (Å²) in [6.07, 6.45) is 10.3. The minimum atomic E-state index is -0.667. The Morgan fingerprint density at radius 3 is 2.00 bits per heavy atom. The summed E-state index contributed by atoms with van der Waals surface area (Å²) in [4.78, 5) is 38.5. The first-order valence-electron chi connectivity index (χ1n) is 13.8. The molecule has 0 aromatic heterocycles. The Balaban J connectivity index is 0. The topological polar surface area (TPSA) is 196 Å². The van der Waals surface area contributed by atoms with Crippen molar-refractivity contribution in [2.45, 2.75) is 85.1 Å². The number of nitrogens with zero attached hydrogens (tertiary/aromatic N) is 2. The highest BCUT2D eigenvalue weighted by Crippen LogP contribution is 2.47. The number of carbonyl (C=O) groups is 1. The summed E-state index contributed by atoms with van der Waals surface area (Å²) in [7, 11) is 0. The summed E-state index contributed by atoms with van der Waals surface area (Å²) in [5.41, 5.74) is -0.611. The maximum absolute atomic E-state index is 10.5. The van der Waals surface area contributed by atoms with Crippen molar-refractivity contribution >= 4 is 18.1 Å². The number of aliphatic hydroxyl groups excluding tert-OH is 5. The van der Waals surface area contributed by atoms with Gasteiger partial charge in [-0.25, -0.2) is 19.6 Å². The fourth-order valence-corrected chi connectivity index (χ4v) is 4.61. The molecule has 0 bridgehead atoms. The van der Waals surface area contributed by atoms with Crippen LogP contribution in [0.15, 0.2) is 9.98 Å². The van der Waals surface area contributed by atoms with Gasteiger partial charge in [-0.2, -0.15) is 0 Å². The van der Waals surface area contributed by atoms with Crippen LogP contribution in [0.5, 0.6) is 0 Å². The van der Waals surface area contributed by atoms with Crippen LogP contribution in [0.1, 0.15) is 79.1 Å². The zero-order valence-corrected chi connectivity index (χ0v) is 24.8. The number of hydrogen-bond donors (Lipinski definition) is 5. The molecule has 234 valence electrons. The fraction of sp³-hybridized carbons (Fsp3) is 0.893. The molecule has 0 spiro atoms. The van der Waals surface area contributed by atoms with Crippen molar-refractivity contribution in [2.75, 3.05) is 59.4 Å². The van der Waals surface area contributed by atoms with Gasteiger partial charge in [0.1, 0.15) is 0 Å². The van der Waals surface area contributed by atoms with Gasteiger partial charge in [0, 0.05) is 11.8 Å². The molecule has 12 heteroatoms. The normalized spacial score (nSPS) is 21.6. The molecule has 2 atom stereocenters. The molecule has 12 nitrogen and oxygen atoms in total. The van der Waals surface area contributed by atoms with E-state index in [2.05, 4.69) is 35.5 Å². The van der Waals surface area contributed by atoms with Crippen molar-refractivity contribution in [3.8, 4) is 0 Å². The Morgan fingerprint density at radius 2 is 1.55 bits per heavy atom. The van der Waals surface area contributed by atoms with Crippen molar-refractivity contribution in [1.82, 2.24) is 0 Å². The first-order chi connectivity index (χ1) is 19.0. The molecule has 0 radical (unpaired) electrons. The minimum absolute atomic E-state index is 0.00750. The average Bonchev–Trinajstić information content (AvgIpc) is 3.17. The van der Waals surface area contributed by atoms with Crippen LogP contribution in [0.25, 0.3) is 0 Å². The third-order valence-electron chi connectivity index (χ3n) is 6.70. The average molecular weight is 577 g/mol. The quantitative estimate of drug-likeness (QED) is 0.104. The molecule has 1 heterocycles. The van der Waals surface area contributed by atoms with E-state index in [0.29, 0.717) is 39.2 Å². The SMILES string of the molecule is CC1(C)CC(N=C=O)CC(C)(CN=C=O)C1.CCC(CO)(CO)CO.O=C1CCCCCO1.OCCOCCO. The number of rotatable bonds is 11. The Morgan fingerprint density at radius 1 is 0.950 bits per heavy atom. The molecule has 0 aromatic rings. The first-order valence-corrected chi connectivity index (χ1v) is 13.8. The number of esters is 1. The maximum atomic E-state index is 10.5. The van der Waals surface area contributed by atoms with Crippen LogP contribution >= 0.6 is 0 Å². The van der Waals surface area contributed by atoms with Gasteiger partial charge < -0.3 is 35.0 Å². The number of cyclic esters (lactones) is 1. The first kappa shape index (κ1) is 40.1. The standard InChI is InChI=1S/C12H18N2O2.C6H14O3.C6H10O2.C4H10O3/c1-11(2)4-10(14-9-16)5-12(3,6-11)7-13-8-15;1-2-6(3-7,4-8)5-9;7-6-4-2-1-3-5-8-6;5-1-3-7-4-2-6/h10H,4-7H2,1-3H3;7-9H,2-5H2,1H3;1-5H2;5-6H,1-4H2. The molecule has 2 rings (SSSR count). The van der Waals surface area contributed by atoms with Crippen LogP contribution in [-0.4, -0.2) is 109 Å². The van der Waals surface area contributed by atoms with Gasteiger partial charge in [0.05, 0.1) is 65.4 Å². The molecule has 1 saturated carbocycles. The van der Waals surface area contributed by atoms with Gasteiger partial charge in [0.2, 0.25) is 12.2 Å². The molecule has 2 unspecified atom stereocenters. The van der Waals surface area contributed by atoms with Crippen LogP contribution in [0, 0.1) is 16.2 Å². The summed E-state index contributed by atoms with van der Waals surface area (Å²) in [5, 5.41) is 42.1. The van der Waals surface area contributed by atoms with Gasteiger partial charge in [0.25, 0.3) is 0 Å². The Hall–Kier alpha value is -2.01. The van der Waals surface area contributed by atoms with E-state index in [-0.39, 0.29) is 55.9 Å². The number of aliphatic imine (C=N–C) groups is 2. The predicted molar refractivity (Wildman–Crippen MR) is 149 cm³/mol. The van der Waals surface area contributed by atoms with E-state index in [0.717, 1.165) is 38.5 Å². The fourth-order valence-electron chi connectivity index (χ4n) is 4.61. The molecule has 1 aliphatic carbocycles. The van der Waals surface area contributed by atoms with E-state index in [4.69, 9.17) is 30.3 Å². The summed E-state index contributed by atoms with van der Waals surface area (Å²) in [6.45, 7) is 9.55. The maximum Gasteiger partial charge on any atom is 0.305 e. The molecule has 1 aliphatic heterocycles. The summed E-state index contributed by atoms with van der Waals surface area (Å²) < 4.78 is 9.40. The smallest absolute Gasteiger partial charge is 0.305 e. The summed E-state index contributed by atoms with van der Waals surface area (Å²) >= 11 is 0. The van der Waals surface area contributed by atoms with E-state index in [1.54, 1.807) is 12.2 Å². The van der Waals surface area contributed by atoms with Crippen molar-refractivity contribution in [1.29, 1.82) is 0 Å². The van der Waals surface area contributed by atoms with Gasteiger partial charge in [0.15, 0.2) is 0 Å². The summed E-state index contributed by atoms with van der Waals surface area (Å²) in [6, 6.07) is 0.00750.